The fourth-order valence-corrected chi connectivity index (χ4v) is 11.7. The van der Waals surface area contributed by atoms with Crippen LogP contribution in [0.1, 0.15) is 79.2 Å². The molecule has 11 rings (SSSR count). The van der Waals surface area contributed by atoms with Crippen molar-refractivity contribution in [1.82, 2.24) is 10.6 Å². The Morgan fingerprint density at radius 1 is 0.644 bits per heavy atom. The molecule has 0 saturated heterocycles. The van der Waals surface area contributed by atoms with Gasteiger partial charge >= 0.3 is 24.0 Å². The molecule has 0 aromatic heterocycles. The molecular formula is C59H58ClN3O10. The number of amides is 2. The molecular weight excluding hydrogens is 946 g/mol. The lowest BCUT2D eigenvalue weighted by atomic mass is 9.91. The van der Waals surface area contributed by atoms with Crippen molar-refractivity contribution in [3.05, 3.63) is 179 Å². The summed E-state index contributed by atoms with van der Waals surface area (Å²) in [5.74, 6) is -4.03. The van der Waals surface area contributed by atoms with Crippen LogP contribution in [0.5, 0.6) is 0 Å². The molecule has 6 aliphatic rings. The van der Waals surface area contributed by atoms with Crippen LogP contribution in [-0.4, -0.2) is 79.7 Å². The van der Waals surface area contributed by atoms with E-state index < -0.39 is 58.4 Å². The van der Waals surface area contributed by atoms with Gasteiger partial charge in [0.05, 0.1) is 31.8 Å². The first-order valence-corrected chi connectivity index (χ1v) is 24.5. The average molecular weight is 1000 g/mol. The third-order valence-corrected chi connectivity index (χ3v) is 15.6. The Morgan fingerprint density at radius 2 is 1.11 bits per heavy atom. The fraction of sp³-hybridized carbons (Fsp3) is 0.322. The van der Waals surface area contributed by atoms with Crippen molar-refractivity contribution < 1.29 is 47.8 Å². The van der Waals surface area contributed by atoms with Crippen molar-refractivity contribution in [3.8, 4) is 22.3 Å². The van der Waals surface area contributed by atoms with Gasteiger partial charge in [0, 0.05) is 53.5 Å². The van der Waals surface area contributed by atoms with Crippen LogP contribution in [0.4, 0.5) is 4.79 Å². The third kappa shape index (κ3) is 9.20. The number of carbonyl (C=O) groups is 5. The maximum Gasteiger partial charge on any atom is 0.408 e. The molecule has 1 unspecified atom stereocenters. The van der Waals surface area contributed by atoms with Crippen LogP contribution < -0.4 is 10.6 Å². The van der Waals surface area contributed by atoms with Crippen LogP contribution in [0, 0.1) is 23.7 Å². The number of fused-ring (bicyclic) bond motifs is 6. The van der Waals surface area contributed by atoms with Crippen LogP contribution in [0.25, 0.3) is 22.3 Å². The van der Waals surface area contributed by atoms with Crippen LogP contribution in [0.3, 0.4) is 0 Å². The van der Waals surface area contributed by atoms with E-state index in [4.69, 9.17) is 35.4 Å². The SMILES string of the molecule is C.C=C[C@@H]1C[C@]1(NC(=O)OCC1c2ccccc2-c2ccccc21)C(=O)OC.C=C[C@@H]1C[C@]1(NC(=O)[C@@H]1C[C@]2(CC(c3cccc(Cl)c3)=NO2)CC1C(=O)OCC1c2ccccc2-c2ccccc21)C(=O)OC. The standard InChI is InChI=1S/C36H33ClN2O6.C22H21NO4.CH4/c1-3-22-16-36(22,34(42)43-2)38-32(40)28-17-35(19-31(39-45-35)21-9-8-10-23(37)15-21)18-29(28)33(41)44-20-30-26-13-6-4-11-24(26)25-12-5-7-14-27(25)30;1-3-14-12-22(14,20(24)26-2)23-21(25)27-13-19-17-10-6-4-8-15(17)16-9-5-7-11-18(16)19;/h3-15,22,28-30H,1,16-20H2,2H3,(H,38,40);3-11,14,19H,1,12-13H2,2H3,(H,23,25);1H4/t22-,28-,29?,35-,36-;14-,22-;/m11./s1. The van der Waals surface area contributed by atoms with E-state index in [0.29, 0.717) is 30.0 Å². The van der Waals surface area contributed by atoms with Crippen molar-refractivity contribution in [2.75, 3.05) is 27.4 Å². The highest BCUT2D eigenvalue weighted by atomic mass is 35.5. The van der Waals surface area contributed by atoms with E-state index in [2.05, 4.69) is 77.5 Å². The molecule has 1 heterocycles. The number of halogens is 1. The normalized spacial score (nSPS) is 25.3. The van der Waals surface area contributed by atoms with Gasteiger partial charge in [0.1, 0.15) is 29.9 Å². The van der Waals surface area contributed by atoms with E-state index in [1.165, 1.54) is 25.3 Å². The van der Waals surface area contributed by atoms with Crippen molar-refractivity contribution in [1.29, 1.82) is 0 Å². The fourth-order valence-electron chi connectivity index (χ4n) is 11.5. The highest BCUT2D eigenvalue weighted by molar-refractivity contribution is 6.31. The largest absolute Gasteiger partial charge is 0.467 e. The highest BCUT2D eigenvalue weighted by Gasteiger charge is 2.64. The molecule has 13 nitrogen and oxygen atoms in total. The summed E-state index contributed by atoms with van der Waals surface area (Å²) in [6.07, 6.45) is 4.42. The Kier molecular flexibility index (Phi) is 13.9. The van der Waals surface area contributed by atoms with Gasteiger partial charge in [0.2, 0.25) is 5.91 Å². The van der Waals surface area contributed by atoms with Crippen LogP contribution in [0.2, 0.25) is 5.02 Å². The van der Waals surface area contributed by atoms with Gasteiger partial charge in [-0.3, -0.25) is 9.59 Å². The Hall–Kier alpha value is -7.51. The predicted molar refractivity (Wildman–Crippen MR) is 276 cm³/mol. The quantitative estimate of drug-likeness (QED) is 0.0658. The van der Waals surface area contributed by atoms with Gasteiger partial charge in [-0.25, -0.2) is 14.4 Å². The van der Waals surface area contributed by atoms with Gasteiger partial charge in [-0.15, -0.1) is 13.2 Å². The molecule has 5 aromatic carbocycles. The number of oxime groups is 1. The monoisotopic (exact) mass is 1000 g/mol. The summed E-state index contributed by atoms with van der Waals surface area (Å²) < 4.78 is 21.4. The first kappa shape index (κ1) is 50.4. The molecule has 2 amide bonds. The van der Waals surface area contributed by atoms with E-state index >= 15 is 0 Å². The van der Waals surface area contributed by atoms with Gasteiger partial charge in [-0.1, -0.05) is 146 Å². The molecule has 0 radical (unpaired) electrons. The molecule has 3 saturated carbocycles. The zero-order chi connectivity index (χ0) is 50.4. The van der Waals surface area contributed by atoms with E-state index in [-0.39, 0.29) is 57.2 Å². The first-order valence-electron chi connectivity index (χ1n) is 24.1. The Morgan fingerprint density at radius 3 is 1.58 bits per heavy atom. The first-order chi connectivity index (χ1) is 34.9. The number of esters is 3. The van der Waals surface area contributed by atoms with Crippen molar-refractivity contribution in [3.63, 3.8) is 0 Å². The van der Waals surface area contributed by atoms with Crippen molar-refractivity contribution in [2.24, 2.45) is 28.8 Å². The maximum atomic E-state index is 14.0. The number of nitrogens with one attached hydrogen (secondary N) is 2. The van der Waals surface area contributed by atoms with Gasteiger partial charge in [-0.05, 0) is 69.5 Å². The minimum absolute atomic E-state index is 0. The minimum Gasteiger partial charge on any atom is -0.467 e. The van der Waals surface area contributed by atoms with E-state index in [0.717, 1.165) is 38.9 Å². The van der Waals surface area contributed by atoms with Crippen LogP contribution in [-0.2, 0) is 43.0 Å². The third-order valence-electron chi connectivity index (χ3n) is 15.4. The van der Waals surface area contributed by atoms with Gasteiger partial charge in [-0.2, -0.15) is 0 Å². The molecule has 7 atom stereocenters. The second kappa shape index (κ2) is 20.2. The molecule has 376 valence electrons. The summed E-state index contributed by atoms with van der Waals surface area (Å²) >= 11 is 6.23. The molecule has 0 bridgehead atoms. The summed E-state index contributed by atoms with van der Waals surface area (Å²) in [5, 5.41) is 10.6. The summed E-state index contributed by atoms with van der Waals surface area (Å²) in [6, 6.07) is 39.9. The zero-order valence-electron chi connectivity index (χ0n) is 39.9. The highest BCUT2D eigenvalue weighted by Crippen LogP contribution is 2.52. The number of carbonyl (C=O) groups excluding carboxylic acids is 5. The molecule has 5 aliphatic carbocycles. The summed E-state index contributed by atoms with van der Waals surface area (Å²) in [4.78, 5) is 71.1. The number of hydrogen-bond acceptors (Lipinski definition) is 11. The molecule has 5 aromatic rings. The number of benzene rings is 5. The van der Waals surface area contributed by atoms with Crippen LogP contribution >= 0.6 is 11.6 Å². The molecule has 14 heteroatoms. The molecule has 1 aliphatic heterocycles. The maximum absolute atomic E-state index is 14.0. The van der Waals surface area contributed by atoms with Crippen molar-refractivity contribution in [2.45, 2.75) is 68.0 Å². The second-order valence-electron chi connectivity index (χ2n) is 19.4. The molecule has 3 fully saturated rings. The second-order valence-corrected chi connectivity index (χ2v) is 19.9. The van der Waals surface area contributed by atoms with E-state index in [1.807, 2.05) is 66.7 Å². The van der Waals surface area contributed by atoms with Gasteiger partial charge in [0.25, 0.3) is 0 Å². The van der Waals surface area contributed by atoms with E-state index in [1.54, 1.807) is 18.2 Å². The average Bonchev–Trinajstić information content (AvgIpc) is 4.03. The lowest BCUT2D eigenvalue weighted by Crippen LogP contribution is -2.49. The predicted octanol–water partition coefficient (Wildman–Crippen LogP) is 10.1. The number of alkyl carbamates (subject to hydrolysis) is 1. The Bertz CT molecular complexity index is 2970. The molecule has 1 spiro atoms. The Balaban J connectivity index is 0.000000200. The number of ether oxygens (including phenoxy) is 4. The van der Waals surface area contributed by atoms with Crippen LogP contribution in [0.15, 0.2) is 152 Å². The topological polar surface area (TPSA) is 168 Å². The minimum atomic E-state index is -1.19. The van der Waals surface area contributed by atoms with Gasteiger partial charge in [0.15, 0.2) is 0 Å². The molecule has 73 heavy (non-hydrogen) atoms. The smallest absolute Gasteiger partial charge is 0.408 e. The number of nitrogens with zero attached hydrogens (tertiary/aromatic N) is 1. The number of hydrogen-bond donors (Lipinski definition) is 2. The number of rotatable bonds is 13. The number of methoxy groups -OCH3 is 2. The summed E-state index contributed by atoms with van der Waals surface area (Å²) in [7, 11) is 2.60. The molecule has 2 N–H and O–H groups in total. The Labute approximate surface area is 429 Å². The lowest BCUT2D eigenvalue weighted by molar-refractivity contribution is -0.153. The van der Waals surface area contributed by atoms with E-state index in [9.17, 15) is 24.0 Å². The van der Waals surface area contributed by atoms with Gasteiger partial charge < -0.3 is 34.4 Å². The summed E-state index contributed by atoms with van der Waals surface area (Å²) in [6.45, 7) is 7.84. The summed E-state index contributed by atoms with van der Waals surface area (Å²) in [5.41, 5.74) is 7.50. The lowest BCUT2D eigenvalue weighted by Gasteiger charge is -2.23. The zero-order valence-corrected chi connectivity index (χ0v) is 40.7. The van der Waals surface area contributed by atoms with Crippen molar-refractivity contribution >= 4 is 47.2 Å².